The molecule has 1 amide bonds. The summed E-state index contributed by atoms with van der Waals surface area (Å²) in [5, 5.41) is 3.05. The molecule has 1 saturated heterocycles. The van der Waals surface area contributed by atoms with Crippen molar-refractivity contribution in [2.75, 3.05) is 26.2 Å². The molecule has 0 aliphatic carbocycles. The molecule has 1 aliphatic heterocycles. The molecule has 0 saturated carbocycles. The van der Waals surface area contributed by atoms with Crippen LogP contribution in [0.2, 0.25) is 5.02 Å². The van der Waals surface area contributed by atoms with Crippen molar-refractivity contribution < 1.29 is 30.9 Å². The first-order valence-corrected chi connectivity index (χ1v) is 9.91. The molecule has 2 heterocycles. The number of hydrogen-bond acceptors (Lipinski definition) is 5. The Hall–Kier alpha value is -2.11. The van der Waals surface area contributed by atoms with Gasteiger partial charge in [0.1, 0.15) is 5.76 Å². The second-order valence-electron chi connectivity index (χ2n) is 6.16. The number of carbonyl (C=O) groups is 1. The number of benzene rings is 1. The number of halogens is 4. The minimum absolute atomic E-state index is 0.0606. The van der Waals surface area contributed by atoms with E-state index < -0.39 is 37.6 Å². The fourth-order valence-corrected chi connectivity index (χ4v) is 4.47. The summed E-state index contributed by atoms with van der Waals surface area (Å²) >= 11 is 5.54. The van der Waals surface area contributed by atoms with Gasteiger partial charge in [-0.05, 0) is 25.1 Å². The Kier molecular flexibility index (Phi) is 5.43. The Morgan fingerprint density at radius 2 is 1.82 bits per heavy atom. The van der Waals surface area contributed by atoms with Crippen LogP contribution in [0.15, 0.2) is 33.7 Å². The molecular weight excluding hydrogens is 423 g/mol. The first-order chi connectivity index (χ1) is 13.0. The summed E-state index contributed by atoms with van der Waals surface area (Å²) in [6.45, 7) is 1.66. The maximum Gasteiger partial charge on any atom is 0.417 e. The summed E-state index contributed by atoms with van der Waals surface area (Å²) in [4.78, 5) is 13.2. The van der Waals surface area contributed by atoms with Gasteiger partial charge in [0.05, 0.1) is 15.5 Å². The summed E-state index contributed by atoms with van der Waals surface area (Å²) in [6, 6.07) is 3.93. The van der Waals surface area contributed by atoms with E-state index in [-0.39, 0.29) is 31.9 Å². The lowest BCUT2D eigenvalue weighted by Crippen LogP contribution is -2.50. The largest absolute Gasteiger partial charge is 0.417 e. The molecule has 152 valence electrons. The van der Waals surface area contributed by atoms with Crippen LogP contribution in [0.3, 0.4) is 0 Å². The van der Waals surface area contributed by atoms with Crippen LogP contribution in [0, 0.1) is 6.92 Å². The molecule has 2 aromatic rings. The molecule has 1 fully saturated rings. The SMILES string of the molecule is Cc1cc(C(=O)N2CCN(S(=O)(=O)c3ccc(Cl)c(C(F)(F)F)c3)CC2)no1. The average Bonchev–Trinajstić information content (AvgIpc) is 3.07. The lowest BCUT2D eigenvalue weighted by molar-refractivity contribution is -0.137. The van der Waals surface area contributed by atoms with E-state index in [1.807, 2.05) is 0 Å². The Balaban J connectivity index is 1.76. The van der Waals surface area contributed by atoms with Crippen molar-refractivity contribution in [1.82, 2.24) is 14.4 Å². The second kappa shape index (κ2) is 7.37. The highest BCUT2D eigenvalue weighted by atomic mass is 35.5. The normalized spacial score (nSPS) is 16.4. The summed E-state index contributed by atoms with van der Waals surface area (Å²) in [7, 11) is -4.17. The summed E-state index contributed by atoms with van der Waals surface area (Å²) in [5.74, 6) is 0.0625. The number of carbonyl (C=O) groups excluding carboxylic acids is 1. The molecule has 1 aromatic heterocycles. The van der Waals surface area contributed by atoms with Gasteiger partial charge >= 0.3 is 6.18 Å². The second-order valence-corrected chi connectivity index (χ2v) is 8.50. The number of rotatable bonds is 3. The van der Waals surface area contributed by atoms with Crippen LogP contribution in [-0.2, 0) is 16.2 Å². The zero-order chi connectivity index (χ0) is 20.7. The minimum Gasteiger partial charge on any atom is -0.361 e. The summed E-state index contributed by atoms with van der Waals surface area (Å²) in [5.41, 5.74) is -1.10. The van der Waals surface area contributed by atoms with E-state index in [2.05, 4.69) is 5.16 Å². The van der Waals surface area contributed by atoms with Crippen molar-refractivity contribution >= 4 is 27.5 Å². The molecule has 1 aliphatic rings. The van der Waals surface area contributed by atoms with Gasteiger partial charge in [-0.15, -0.1) is 0 Å². The first-order valence-electron chi connectivity index (χ1n) is 8.09. The summed E-state index contributed by atoms with van der Waals surface area (Å²) < 4.78 is 70.3. The number of aryl methyl sites for hydroxylation is 1. The standard InChI is InChI=1S/C16H15ClF3N3O4S/c1-10-8-14(21-27-10)15(24)22-4-6-23(7-5-22)28(25,26)11-2-3-13(17)12(9-11)16(18,19)20/h2-3,8-9H,4-7H2,1H3. The van der Waals surface area contributed by atoms with Gasteiger partial charge in [-0.25, -0.2) is 8.42 Å². The number of nitrogens with zero attached hydrogens (tertiary/aromatic N) is 3. The molecule has 0 atom stereocenters. The fraction of sp³-hybridized carbons (Fsp3) is 0.375. The van der Waals surface area contributed by atoms with Gasteiger partial charge in [0.15, 0.2) is 5.69 Å². The monoisotopic (exact) mass is 437 g/mol. The van der Waals surface area contributed by atoms with Gasteiger partial charge in [-0.2, -0.15) is 17.5 Å². The van der Waals surface area contributed by atoms with Gasteiger partial charge in [0.2, 0.25) is 10.0 Å². The van der Waals surface area contributed by atoms with Crippen molar-refractivity contribution in [3.8, 4) is 0 Å². The molecule has 12 heteroatoms. The summed E-state index contributed by atoms with van der Waals surface area (Å²) in [6.07, 6.45) is -4.77. The number of hydrogen-bond donors (Lipinski definition) is 0. The van der Waals surface area contributed by atoms with Gasteiger partial charge in [-0.3, -0.25) is 4.79 Å². The van der Waals surface area contributed by atoms with E-state index >= 15 is 0 Å². The quantitative estimate of drug-likeness (QED) is 0.737. The van der Waals surface area contributed by atoms with Crippen LogP contribution in [0.25, 0.3) is 0 Å². The molecular formula is C16H15ClF3N3O4S. The minimum atomic E-state index is -4.77. The third-order valence-electron chi connectivity index (χ3n) is 4.25. The van der Waals surface area contributed by atoms with E-state index in [9.17, 15) is 26.4 Å². The van der Waals surface area contributed by atoms with Gasteiger partial charge in [0, 0.05) is 32.2 Å². The third-order valence-corrected chi connectivity index (χ3v) is 6.48. The van der Waals surface area contributed by atoms with E-state index in [1.165, 1.54) is 11.0 Å². The number of amides is 1. The zero-order valence-corrected chi connectivity index (χ0v) is 16.1. The average molecular weight is 438 g/mol. The molecule has 7 nitrogen and oxygen atoms in total. The Bertz CT molecular complexity index is 999. The maximum absolute atomic E-state index is 13.0. The van der Waals surface area contributed by atoms with E-state index in [0.29, 0.717) is 11.8 Å². The van der Waals surface area contributed by atoms with Crippen molar-refractivity contribution in [1.29, 1.82) is 0 Å². The Morgan fingerprint density at radius 1 is 1.18 bits per heavy atom. The van der Waals surface area contributed by atoms with Gasteiger partial charge in [-0.1, -0.05) is 16.8 Å². The van der Waals surface area contributed by atoms with E-state index in [4.69, 9.17) is 16.1 Å². The predicted octanol–water partition coefficient (Wildman–Crippen LogP) is 2.80. The zero-order valence-electron chi connectivity index (χ0n) is 14.5. The molecule has 0 N–H and O–H groups in total. The highest BCUT2D eigenvalue weighted by Crippen LogP contribution is 2.36. The number of alkyl halides is 3. The lowest BCUT2D eigenvalue weighted by Gasteiger charge is -2.33. The first kappa shape index (κ1) is 20.6. The van der Waals surface area contributed by atoms with Crippen LogP contribution in [0.4, 0.5) is 13.2 Å². The predicted molar refractivity (Wildman–Crippen MR) is 92.4 cm³/mol. The molecule has 0 spiro atoms. The van der Waals surface area contributed by atoms with Crippen LogP contribution in [-0.4, -0.2) is 54.9 Å². The number of sulfonamides is 1. The van der Waals surface area contributed by atoms with Gasteiger partial charge in [0.25, 0.3) is 5.91 Å². The van der Waals surface area contributed by atoms with Crippen molar-refractivity contribution in [3.63, 3.8) is 0 Å². The maximum atomic E-state index is 13.0. The Labute approximate surface area is 163 Å². The molecule has 3 rings (SSSR count). The molecule has 28 heavy (non-hydrogen) atoms. The smallest absolute Gasteiger partial charge is 0.361 e. The van der Waals surface area contributed by atoms with Crippen molar-refractivity contribution in [2.45, 2.75) is 18.0 Å². The van der Waals surface area contributed by atoms with Crippen LogP contribution >= 0.6 is 11.6 Å². The molecule has 0 radical (unpaired) electrons. The Morgan fingerprint density at radius 3 is 2.36 bits per heavy atom. The molecule has 0 bridgehead atoms. The molecule has 1 aromatic carbocycles. The fourth-order valence-electron chi connectivity index (χ4n) is 2.79. The topological polar surface area (TPSA) is 83.7 Å². The van der Waals surface area contributed by atoms with Gasteiger partial charge < -0.3 is 9.42 Å². The van der Waals surface area contributed by atoms with Crippen molar-refractivity contribution in [2.24, 2.45) is 0 Å². The van der Waals surface area contributed by atoms with Crippen molar-refractivity contribution in [3.05, 3.63) is 46.3 Å². The molecule has 0 unspecified atom stereocenters. The van der Waals surface area contributed by atoms with Crippen LogP contribution in [0.1, 0.15) is 21.8 Å². The van der Waals surface area contributed by atoms with Crippen LogP contribution in [0.5, 0.6) is 0 Å². The highest BCUT2D eigenvalue weighted by Gasteiger charge is 2.36. The lowest BCUT2D eigenvalue weighted by atomic mass is 10.2. The highest BCUT2D eigenvalue weighted by molar-refractivity contribution is 7.89. The van der Waals surface area contributed by atoms with E-state index in [1.54, 1.807) is 6.92 Å². The number of aromatic nitrogens is 1. The number of piperazine rings is 1. The van der Waals surface area contributed by atoms with E-state index in [0.717, 1.165) is 16.4 Å². The van der Waals surface area contributed by atoms with Crippen LogP contribution < -0.4 is 0 Å². The third kappa shape index (κ3) is 4.01.